The normalized spacial score (nSPS) is 9.52. The number of nitrogens with zero attached hydrogens (tertiary/aromatic N) is 6. The number of halogens is 2. The average molecular weight is 551 g/mol. The molecule has 0 fully saturated rings. The Kier molecular flexibility index (Phi) is 8.85. The van der Waals surface area contributed by atoms with Crippen molar-refractivity contribution < 1.29 is 15.4 Å². The van der Waals surface area contributed by atoms with E-state index in [9.17, 15) is 0 Å². The van der Waals surface area contributed by atoms with Gasteiger partial charge in [0.25, 0.3) is 0 Å². The van der Waals surface area contributed by atoms with Crippen LogP contribution in [-0.2, 0) is 15.4 Å². The fourth-order valence-corrected chi connectivity index (χ4v) is 1.79. The van der Waals surface area contributed by atoms with Gasteiger partial charge in [0.05, 0.1) is 0 Å². The Morgan fingerprint density at radius 2 is 1.08 bits per heavy atom. The molecule has 0 bridgehead atoms. The summed E-state index contributed by atoms with van der Waals surface area (Å²) in [5, 5.41) is 8.08. The molecule has 9 heteroatoms. The van der Waals surface area contributed by atoms with Crippen molar-refractivity contribution in [3.63, 3.8) is 0 Å². The summed E-state index contributed by atoms with van der Waals surface area (Å²) in [7, 11) is 9.81. The van der Waals surface area contributed by atoms with Crippen molar-refractivity contribution >= 4 is 19.3 Å². The summed E-state index contributed by atoms with van der Waals surface area (Å²) >= 11 is -0.639. The molecule has 0 N–H and O–H groups in total. The number of aromatic nitrogens is 6. The third-order valence-electron chi connectivity index (χ3n) is 2.78. The first-order chi connectivity index (χ1) is 12.3. The molecule has 0 radical (unpaired) electrons. The standard InChI is InChI=1S/2C8H7N3.2ClH.Os/c2*1-2-5-9-8(4-1)11-7-3-6-10-11;;;/h2*1-7H;2*1H;/q;;;;+2/p-2. The van der Waals surface area contributed by atoms with Gasteiger partial charge in [0.2, 0.25) is 0 Å². The largest absolute Gasteiger partial charge is 0.237 e. The summed E-state index contributed by atoms with van der Waals surface area (Å²) in [5.74, 6) is 1.69. The van der Waals surface area contributed by atoms with Gasteiger partial charge in [0, 0.05) is 37.2 Å². The Morgan fingerprint density at radius 3 is 1.36 bits per heavy atom. The zero-order valence-electron chi connectivity index (χ0n) is 12.9. The molecule has 4 heterocycles. The quantitative estimate of drug-likeness (QED) is 0.379. The monoisotopic (exact) mass is 552 g/mol. The zero-order chi connectivity index (χ0) is 17.7. The molecule has 0 atom stereocenters. The van der Waals surface area contributed by atoms with Crippen LogP contribution in [0, 0.1) is 0 Å². The number of pyridine rings is 2. The maximum atomic E-state index is 4.90. The summed E-state index contributed by atoms with van der Waals surface area (Å²) in [6, 6.07) is 15.2. The van der Waals surface area contributed by atoms with Gasteiger partial charge in [0.15, 0.2) is 11.6 Å². The van der Waals surface area contributed by atoms with E-state index in [0.717, 1.165) is 11.6 Å². The number of rotatable bonds is 2. The van der Waals surface area contributed by atoms with Gasteiger partial charge in [-0.1, -0.05) is 12.1 Å². The molecule has 0 aliphatic heterocycles. The molecule has 0 unspecified atom stereocenters. The van der Waals surface area contributed by atoms with Crippen LogP contribution in [0.1, 0.15) is 0 Å². The Labute approximate surface area is 161 Å². The topological polar surface area (TPSA) is 61.4 Å². The van der Waals surface area contributed by atoms with Gasteiger partial charge in [-0.25, -0.2) is 19.3 Å². The average Bonchev–Trinajstić information content (AvgIpc) is 3.39. The van der Waals surface area contributed by atoms with Crippen molar-refractivity contribution in [3.8, 4) is 11.6 Å². The molecule has 0 aromatic carbocycles. The number of hydrogen-bond acceptors (Lipinski definition) is 4. The van der Waals surface area contributed by atoms with Crippen molar-refractivity contribution in [1.82, 2.24) is 29.5 Å². The van der Waals surface area contributed by atoms with Crippen molar-refractivity contribution in [1.29, 1.82) is 0 Å². The molecule has 0 saturated heterocycles. The van der Waals surface area contributed by atoms with Crippen LogP contribution in [0.5, 0.6) is 0 Å². The van der Waals surface area contributed by atoms with Crippen LogP contribution in [0.15, 0.2) is 85.7 Å². The first kappa shape index (κ1) is 19.3. The Balaban J connectivity index is 0.000000156. The Hall–Kier alpha value is -2.06. The van der Waals surface area contributed by atoms with Crippen LogP contribution in [0.3, 0.4) is 0 Å². The zero-order valence-corrected chi connectivity index (χ0v) is 16.9. The van der Waals surface area contributed by atoms with Gasteiger partial charge in [0.1, 0.15) is 0 Å². The predicted octanol–water partition coefficient (Wildman–Crippen LogP) is 3.91. The van der Waals surface area contributed by atoms with E-state index in [-0.39, 0.29) is 0 Å². The van der Waals surface area contributed by atoms with Crippen molar-refractivity contribution in [2.24, 2.45) is 0 Å². The second-order valence-corrected chi connectivity index (χ2v) is 8.00. The van der Waals surface area contributed by atoms with Crippen molar-refractivity contribution in [2.75, 3.05) is 0 Å². The van der Waals surface area contributed by atoms with Gasteiger partial charge in [-0.15, -0.1) is 0 Å². The molecule has 6 nitrogen and oxygen atoms in total. The van der Waals surface area contributed by atoms with Crippen LogP contribution >= 0.6 is 19.3 Å². The van der Waals surface area contributed by atoms with Crippen LogP contribution in [0.25, 0.3) is 11.6 Å². The van der Waals surface area contributed by atoms with Crippen molar-refractivity contribution in [3.05, 3.63) is 85.7 Å². The molecule has 0 spiro atoms. The molecule has 0 amide bonds. The van der Waals surface area contributed by atoms with Gasteiger partial charge >= 0.3 is 34.7 Å². The SMILES string of the molecule is [Cl][Os][Cl].c1ccc(-n2cccn2)nc1.c1ccc(-n2cccn2)nc1. The van der Waals surface area contributed by atoms with Gasteiger partial charge in [-0.2, -0.15) is 10.2 Å². The summed E-state index contributed by atoms with van der Waals surface area (Å²) in [4.78, 5) is 8.24. The predicted molar refractivity (Wildman–Crippen MR) is 94.4 cm³/mol. The molecular weight excluding hydrogens is 537 g/mol. The Morgan fingerprint density at radius 1 is 0.640 bits per heavy atom. The minimum Gasteiger partial charge on any atom is -0.237 e. The summed E-state index contributed by atoms with van der Waals surface area (Å²) < 4.78 is 3.44. The first-order valence-electron chi connectivity index (χ1n) is 7.02. The Bertz CT molecular complexity index is 726. The molecule has 130 valence electrons. The van der Waals surface area contributed by atoms with E-state index in [1.807, 2.05) is 60.9 Å². The van der Waals surface area contributed by atoms with E-state index < -0.39 is 15.4 Å². The first-order valence-corrected chi connectivity index (χ1v) is 13.3. The van der Waals surface area contributed by atoms with Crippen molar-refractivity contribution in [2.45, 2.75) is 0 Å². The molecule has 0 aliphatic rings. The fraction of sp³-hybridized carbons (Fsp3) is 0. The molecule has 0 saturated carbocycles. The van der Waals surface area contributed by atoms with Gasteiger partial charge in [-0.3, -0.25) is 0 Å². The molecule has 4 aromatic rings. The van der Waals surface area contributed by atoms with E-state index in [2.05, 4.69) is 20.2 Å². The number of hydrogen-bond donors (Lipinski definition) is 0. The van der Waals surface area contributed by atoms with E-state index in [0.29, 0.717) is 0 Å². The molecular formula is C16H14Cl2N6Os. The second kappa shape index (κ2) is 11.5. The van der Waals surface area contributed by atoms with E-state index in [1.165, 1.54) is 0 Å². The molecule has 25 heavy (non-hydrogen) atoms. The minimum absolute atomic E-state index is 0.639. The van der Waals surface area contributed by atoms with Crippen LogP contribution in [-0.4, -0.2) is 29.5 Å². The van der Waals surface area contributed by atoms with Crippen LogP contribution in [0.4, 0.5) is 0 Å². The summed E-state index contributed by atoms with van der Waals surface area (Å²) in [6.07, 6.45) is 10.7. The van der Waals surface area contributed by atoms with E-state index in [1.54, 1.807) is 34.2 Å². The smallest absolute Gasteiger partial charge is 0.153 e. The summed E-state index contributed by atoms with van der Waals surface area (Å²) in [5.41, 5.74) is 0. The molecule has 0 aliphatic carbocycles. The van der Waals surface area contributed by atoms with Crippen LogP contribution in [0.2, 0.25) is 0 Å². The van der Waals surface area contributed by atoms with Gasteiger partial charge < -0.3 is 0 Å². The van der Waals surface area contributed by atoms with Crippen LogP contribution < -0.4 is 0 Å². The third kappa shape index (κ3) is 6.75. The maximum Gasteiger partial charge on any atom is 0.153 e. The summed E-state index contributed by atoms with van der Waals surface area (Å²) in [6.45, 7) is 0. The van der Waals surface area contributed by atoms with E-state index in [4.69, 9.17) is 19.3 Å². The second-order valence-electron chi connectivity index (χ2n) is 4.33. The fourth-order valence-electron chi connectivity index (χ4n) is 1.79. The molecule has 4 aromatic heterocycles. The molecule has 4 rings (SSSR count). The minimum atomic E-state index is -0.639. The van der Waals surface area contributed by atoms with E-state index >= 15 is 0 Å². The third-order valence-corrected chi connectivity index (χ3v) is 2.78. The maximum absolute atomic E-state index is 4.90. The van der Waals surface area contributed by atoms with Gasteiger partial charge in [-0.05, 0) is 36.4 Å².